The zero-order chi connectivity index (χ0) is 17.1. The molecular weight excluding hydrogens is 300 g/mol. The Labute approximate surface area is 145 Å². The maximum Gasteiger partial charge on any atom is 0.219 e. The number of carbonyl (C=O) groups is 1. The summed E-state index contributed by atoms with van der Waals surface area (Å²) in [5.74, 6) is 1.17. The van der Waals surface area contributed by atoms with Gasteiger partial charge in [0.1, 0.15) is 5.75 Å². The van der Waals surface area contributed by atoms with E-state index in [1.54, 1.807) is 6.92 Å². The quantitative estimate of drug-likeness (QED) is 0.829. The predicted octanol–water partition coefficient (Wildman–Crippen LogP) is 3.45. The highest BCUT2D eigenvalue weighted by Gasteiger charge is 2.38. The van der Waals surface area contributed by atoms with Gasteiger partial charge in [-0.1, -0.05) is 12.1 Å². The van der Waals surface area contributed by atoms with Gasteiger partial charge in [-0.15, -0.1) is 0 Å². The first-order valence-corrected chi connectivity index (χ1v) is 9.31. The molecule has 132 valence electrons. The number of hydrogen-bond donors (Lipinski definition) is 0. The lowest BCUT2D eigenvalue weighted by atomic mass is 10.0. The van der Waals surface area contributed by atoms with E-state index in [0.717, 1.165) is 38.2 Å². The third-order valence-corrected chi connectivity index (χ3v) is 5.24. The first kappa shape index (κ1) is 17.3. The second-order valence-corrected chi connectivity index (χ2v) is 7.41. The molecule has 1 aromatic rings. The van der Waals surface area contributed by atoms with Crippen molar-refractivity contribution in [3.05, 3.63) is 29.8 Å². The molecule has 0 saturated carbocycles. The Morgan fingerprint density at radius 3 is 2.46 bits per heavy atom. The van der Waals surface area contributed by atoms with Crippen molar-refractivity contribution in [1.29, 1.82) is 0 Å². The van der Waals surface area contributed by atoms with Crippen LogP contribution in [-0.2, 0) is 11.3 Å². The SMILES string of the molecule is CC(=O)N1CCC[C@@H]1[C@H]1CCCN1Cc1ccc(OC(C)C)cc1. The van der Waals surface area contributed by atoms with Crippen molar-refractivity contribution in [2.45, 2.75) is 71.2 Å². The average molecular weight is 330 g/mol. The Bertz CT molecular complexity index is 555. The molecule has 0 spiro atoms. The molecule has 2 aliphatic heterocycles. The van der Waals surface area contributed by atoms with Crippen LogP contribution in [0.25, 0.3) is 0 Å². The van der Waals surface area contributed by atoms with E-state index >= 15 is 0 Å². The van der Waals surface area contributed by atoms with Gasteiger partial charge in [-0.25, -0.2) is 0 Å². The summed E-state index contributed by atoms with van der Waals surface area (Å²) in [6.07, 6.45) is 4.96. The van der Waals surface area contributed by atoms with Gasteiger partial charge in [-0.3, -0.25) is 9.69 Å². The molecule has 0 unspecified atom stereocenters. The van der Waals surface area contributed by atoms with E-state index in [0.29, 0.717) is 12.1 Å². The number of hydrogen-bond acceptors (Lipinski definition) is 3. The summed E-state index contributed by atoms with van der Waals surface area (Å²) in [5, 5.41) is 0. The van der Waals surface area contributed by atoms with Crippen LogP contribution in [0.3, 0.4) is 0 Å². The molecule has 24 heavy (non-hydrogen) atoms. The molecule has 0 aromatic heterocycles. The third-order valence-electron chi connectivity index (χ3n) is 5.24. The Balaban J connectivity index is 1.64. The van der Waals surface area contributed by atoms with Crippen LogP contribution in [0.15, 0.2) is 24.3 Å². The molecule has 4 nitrogen and oxygen atoms in total. The minimum Gasteiger partial charge on any atom is -0.491 e. The number of likely N-dealkylation sites (tertiary alicyclic amines) is 2. The van der Waals surface area contributed by atoms with Crippen LogP contribution in [0.1, 0.15) is 52.0 Å². The summed E-state index contributed by atoms with van der Waals surface area (Å²) in [5.41, 5.74) is 1.32. The highest BCUT2D eigenvalue weighted by atomic mass is 16.5. The van der Waals surface area contributed by atoms with Crippen molar-refractivity contribution in [2.24, 2.45) is 0 Å². The van der Waals surface area contributed by atoms with E-state index in [4.69, 9.17) is 4.74 Å². The average Bonchev–Trinajstić information content (AvgIpc) is 3.17. The smallest absolute Gasteiger partial charge is 0.219 e. The van der Waals surface area contributed by atoms with Crippen molar-refractivity contribution >= 4 is 5.91 Å². The van der Waals surface area contributed by atoms with Crippen LogP contribution in [0.5, 0.6) is 5.75 Å². The Morgan fingerprint density at radius 1 is 1.12 bits per heavy atom. The van der Waals surface area contributed by atoms with E-state index in [9.17, 15) is 4.79 Å². The maximum atomic E-state index is 11.9. The Morgan fingerprint density at radius 2 is 1.79 bits per heavy atom. The van der Waals surface area contributed by atoms with E-state index in [-0.39, 0.29) is 12.0 Å². The monoisotopic (exact) mass is 330 g/mol. The molecule has 0 N–H and O–H groups in total. The zero-order valence-electron chi connectivity index (χ0n) is 15.2. The Kier molecular flexibility index (Phi) is 5.44. The molecule has 2 atom stereocenters. The van der Waals surface area contributed by atoms with Crippen LogP contribution >= 0.6 is 0 Å². The predicted molar refractivity (Wildman–Crippen MR) is 96.0 cm³/mol. The second kappa shape index (κ2) is 7.56. The molecule has 3 rings (SSSR count). The third kappa shape index (κ3) is 3.92. The number of nitrogens with zero attached hydrogens (tertiary/aromatic N) is 2. The Hall–Kier alpha value is -1.55. The van der Waals surface area contributed by atoms with Gasteiger partial charge in [0.05, 0.1) is 6.10 Å². The minimum absolute atomic E-state index is 0.207. The molecule has 0 aliphatic carbocycles. The summed E-state index contributed by atoms with van der Waals surface area (Å²) in [6.45, 7) is 8.85. The lowest BCUT2D eigenvalue weighted by Crippen LogP contribution is -2.47. The van der Waals surface area contributed by atoms with Crippen molar-refractivity contribution in [3.63, 3.8) is 0 Å². The van der Waals surface area contributed by atoms with Crippen LogP contribution in [0, 0.1) is 0 Å². The van der Waals surface area contributed by atoms with E-state index in [1.807, 2.05) is 13.8 Å². The highest BCUT2D eigenvalue weighted by molar-refractivity contribution is 5.74. The van der Waals surface area contributed by atoms with Gasteiger partial charge in [0, 0.05) is 32.1 Å². The number of rotatable bonds is 5. The van der Waals surface area contributed by atoms with Gasteiger partial charge in [0.2, 0.25) is 5.91 Å². The molecule has 0 radical (unpaired) electrons. The molecule has 2 heterocycles. The zero-order valence-corrected chi connectivity index (χ0v) is 15.2. The summed E-state index contributed by atoms with van der Waals surface area (Å²) in [4.78, 5) is 16.6. The van der Waals surface area contributed by atoms with Crippen LogP contribution in [0.4, 0.5) is 0 Å². The molecular formula is C20H30N2O2. The van der Waals surface area contributed by atoms with Crippen molar-refractivity contribution in [2.75, 3.05) is 13.1 Å². The largest absolute Gasteiger partial charge is 0.491 e. The van der Waals surface area contributed by atoms with Gasteiger partial charge in [0.25, 0.3) is 0 Å². The van der Waals surface area contributed by atoms with Crippen molar-refractivity contribution in [3.8, 4) is 5.75 Å². The topological polar surface area (TPSA) is 32.8 Å². The maximum absolute atomic E-state index is 11.9. The first-order valence-electron chi connectivity index (χ1n) is 9.31. The fourth-order valence-corrected chi connectivity index (χ4v) is 4.25. The normalized spacial score (nSPS) is 24.8. The van der Waals surface area contributed by atoms with E-state index in [2.05, 4.69) is 34.1 Å². The molecule has 1 aromatic carbocycles. The molecule has 4 heteroatoms. The van der Waals surface area contributed by atoms with Gasteiger partial charge in [0.15, 0.2) is 0 Å². The van der Waals surface area contributed by atoms with Gasteiger partial charge >= 0.3 is 0 Å². The number of benzene rings is 1. The van der Waals surface area contributed by atoms with Gasteiger partial charge < -0.3 is 9.64 Å². The number of carbonyl (C=O) groups excluding carboxylic acids is 1. The minimum atomic E-state index is 0.207. The van der Waals surface area contributed by atoms with E-state index < -0.39 is 0 Å². The van der Waals surface area contributed by atoms with Crippen LogP contribution < -0.4 is 4.74 Å². The van der Waals surface area contributed by atoms with Crippen LogP contribution in [0.2, 0.25) is 0 Å². The second-order valence-electron chi connectivity index (χ2n) is 7.41. The molecule has 1 amide bonds. The van der Waals surface area contributed by atoms with Gasteiger partial charge in [-0.05, 0) is 63.8 Å². The summed E-state index contributed by atoms with van der Waals surface area (Å²) < 4.78 is 5.72. The molecule has 2 fully saturated rings. The van der Waals surface area contributed by atoms with E-state index in [1.165, 1.54) is 18.4 Å². The first-order chi connectivity index (χ1) is 11.5. The fourth-order valence-electron chi connectivity index (χ4n) is 4.25. The van der Waals surface area contributed by atoms with Crippen molar-refractivity contribution < 1.29 is 9.53 Å². The number of amides is 1. The summed E-state index contributed by atoms with van der Waals surface area (Å²) >= 11 is 0. The summed E-state index contributed by atoms with van der Waals surface area (Å²) in [6, 6.07) is 9.40. The highest BCUT2D eigenvalue weighted by Crippen LogP contribution is 2.31. The lowest BCUT2D eigenvalue weighted by Gasteiger charge is -2.34. The number of ether oxygens (including phenoxy) is 1. The lowest BCUT2D eigenvalue weighted by molar-refractivity contribution is -0.130. The molecule has 2 aliphatic rings. The fraction of sp³-hybridized carbons (Fsp3) is 0.650. The van der Waals surface area contributed by atoms with Gasteiger partial charge in [-0.2, -0.15) is 0 Å². The molecule has 0 bridgehead atoms. The summed E-state index contributed by atoms with van der Waals surface area (Å²) in [7, 11) is 0. The standard InChI is InChI=1S/C20H30N2O2/c1-15(2)24-18-10-8-17(9-11-18)14-21-12-4-6-19(21)20-7-5-13-22(20)16(3)23/h8-11,15,19-20H,4-7,12-14H2,1-3H3/t19-,20-/m1/s1. The molecule has 2 saturated heterocycles. The van der Waals surface area contributed by atoms with Crippen molar-refractivity contribution in [1.82, 2.24) is 9.80 Å². The van der Waals surface area contributed by atoms with Crippen LogP contribution in [-0.4, -0.2) is 47.0 Å².